The smallest absolute Gasteiger partial charge is 0.152 e. The Morgan fingerprint density at radius 1 is 1.54 bits per heavy atom. The van der Waals surface area contributed by atoms with E-state index < -0.39 is 0 Å². The molecule has 0 saturated heterocycles. The van der Waals surface area contributed by atoms with Crippen LogP contribution in [-0.4, -0.2) is 20.8 Å². The van der Waals surface area contributed by atoms with E-state index in [9.17, 15) is 4.79 Å². The number of carbonyl (C=O) groups excluding carboxylic acids is 1. The fraction of sp³-hybridized carbons (Fsp3) is 0.125. The predicted octanol–water partition coefficient (Wildman–Crippen LogP) is 0.363. The summed E-state index contributed by atoms with van der Waals surface area (Å²) >= 11 is 0. The summed E-state index contributed by atoms with van der Waals surface area (Å²) in [6.45, 7) is 0. The van der Waals surface area contributed by atoms with Gasteiger partial charge in [-0.2, -0.15) is 0 Å². The van der Waals surface area contributed by atoms with E-state index in [-0.39, 0.29) is 0 Å². The molecular weight excluding hydrogens is 168 g/mol. The van der Waals surface area contributed by atoms with Crippen LogP contribution in [0.15, 0.2) is 12.5 Å². The van der Waals surface area contributed by atoms with E-state index in [0.717, 1.165) is 6.29 Å². The summed E-state index contributed by atoms with van der Waals surface area (Å²) in [5.41, 5.74) is 6.82. The Labute approximate surface area is 74.2 Å². The molecule has 0 aliphatic heterocycles. The van der Waals surface area contributed by atoms with Crippen molar-refractivity contribution in [3.63, 3.8) is 0 Å². The van der Waals surface area contributed by atoms with Crippen LogP contribution in [0.4, 0.5) is 5.82 Å². The molecule has 5 nitrogen and oxygen atoms in total. The number of fused-ring (bicyclic) bond motifs is 1. The van der Waals surface area contributed by atoms with E-state index in [1.807, 2.05) is 7.05 Å². The average Bonchev–Trinajstić information content (AvgIpc) is 2.45. The Kier molecular flexibility index (Phi) is 1.51. The number of aromatic nitrogens is 3. The molecule has 2 aromatic rings. The van der Waals surface area contributed by atoms with Gasteiger partial charge in [0.05, 0.1) is 5.39 Å². The summed E-state index contributed by atoms with van der Waals surface area (Å²) in [5, 5.41) is 0.625. The second-order valence-corrected chi connectivity index (χ2v) is 2.77. The molecule has 0 spiro atoms. The maximum absolute atomic E-state index is 10.7. The third-order valence-corrected chi connectivity index (χ3v) is 1.94. The third kappa shape index (κ3) is 0.970. The predicted molar refractivity (Wildman–Crippen MR) is 48.3 cm³/mol. The molecule has 0 amide bonds. The number of anilines is 1. The molecule has 0 aromatic carbocycles. The third-order valence-electron chi connectivity index (χ3n) is 1.94. The number of hydrogen-bond acceptors (Lipinski definition) is 4. The van der Waals surface area contributed by atoms with Crippen molar-refractivity contribution in [1.82, 2.24) is 14.5 Å². The molecule has 66 valence electrons. The van der Waals surface area contributed by atoms with Gasteiger partial charge in [0.25, 0.3) is 0 Å². The van der Waals surface area contributed by atoms with Gasteiger partial charge in [-0.25, -0.2) is 9.97 Å². The second kappa shape index (κ2) is 2.55. The molecule has 0 atom stereocenters. The van der Waals surface area contributed by atoms with E-state index in [1.165, 1.54) is 6.33 Å². The Hall–Kier alpha value is -1.91. The summed E-state index contributed by atoms with van der Waals surface area (Å²) in [6, 6.07) is 0. The molecule has 2 aromatic heterocycles. The Bertz CT molecular complexity index is 474. The van der Waals surface area contributed by atoms with Crippen LogP contribution in [0.25, 0.3) is 11.0 Å². The molecule has 2 heterocycles. The van der Waals surface area contributed by atoms with E-state index in [2.05, 4.69) is 9.97 Å². The molecule has 0 radical (unpaired) electrons. The van der Waals surface area contributed by atoms with Crippen molar-refractivity contribution in [2.24, 2.45) is 7.05 Å². The lowest BCUT2D eigenvalue weighted by molar-refractivity contribution is 0.112. The first-order valence-electron chi connectivity index (χ1n) is 3.74. The molecule has 0 saturated carbocycles. The van der Waals surface area contributed by atoms with Gasteiger partial charge >= 0.3 is 0 Å². The van der Waals surface area contributed by atoms with Crippen LogP contribution in [0.1, 0.15) is 10.4 Å². The van der Waals surface area contributed by atoms with Gasteiger partial charge in [-0.1, -0.05) is 0 Å². The monoisotopic (exact) mass is 176 g/mol. The van der Waals surface area contributed by atoms with E-state index in [4.69, 9.17) is 5.73 Å². The highest BCUT2D eigenvalue weighted by atomic mass is 16.1. The summed E-state index contributed by atoms with van der Waals surface area (Å²) in [5.74, 6) is 0.340. The van der Waals surface area contributed by atoms with Crippen molar-refractivity contribution in [2.45, 2.75) is 0 Å². The van der Waals surface area contributed by atoms with E-state index >= 15 is 0 Å². The van der Waals surface area contributed by atoms with Crippen molar-refractivity contribution in [3.05, 3.63) is 18.1 Å². The van der Waals surface area contributed by atoms with Crippen LogP contribution in [0.5, 0.6) is 0 Å². The normalized spacial score (nSPS) is 10.5. The summed E-state index contributed by atoms with van der Waals surface area (Å²) in [6.07, 6.45) is 3.82. The highest BCUT2D eigenvalue weighted by Crippen LogP contribution is 2.20. The van der Waals surface area contributed by atoms with Crippen LogP contribution in [0, 0.1) is 0 Å². The van der Waals surface area contributed by atoms with Crippen LogP contribution >= 0.6 is 0 Å². The summed E-state index contributed by atoms with van der Waals surface area (Å²) in [4.78, 5) is 18.5. The first-order valence-corrected chi connectivity index (χ1v) is 3.74. The van der Waals surface area contributed by atoms with E-state index in [1.54, 1.807) is 10.8 Å². The van der Waals surface area contributed by atoms with Gasteiger partial charge in [-0.3, -0.25) is 4.79 Å². The SMILES string of the molecule is Cn1cc(C=O)c2c(N)ncnc21. The molecule has 0 aliphatic carbocycles. The molecule has 0 unspecified atom stereocenters. The topological polar surface area (TPSA) is 73.8 Å². The minimum absolute atomic E-state index is 0.340. The minimum Gasteiger partial charge on any atom is -0.383 e. The van der Waals surface area contributed by atoms with Crippen LogP contribution in [0.2, 0.25) is 0 Å². The zero-order valence-electron chi connectivity index (χ0n) is 7.06. The quantitative estimate of drug-likeness (QED) is 0.637. The number of nitrogens with two attached hydrogens (primary N) is 1. The first kappa shape index (κ1) is 7.72. The van der Waals surface area contributed by atoms with Crippen molar-refractivity contribution >= 4 is 23.1 Å². The lowest BCUT2D eigenvalue weighted by atomic mass is 10.2. The average molecular weight is 176 g/mol. The number of hydrogen-bond donors (Lipinski definition) is 1. The van der Waals surface area contributed by atoms with E-state index in [0.29, 0.717) is 22.4 Å². The summed E-state index contributed by atoms with van der Waals surface area (Å²) < 4.78 is 1.75. The van der Waals surface area contributed by atoms with Crippen LogP contribution < -0.4 is 5.73 Å². The van der Waals surface area contributed by atoms with Gasteiger partial charge in [-0.05, 0) is 0 Å². The van der Waals surface area contributed by atoms with Crippen LogP contribution in [-0.2, 0) is 7.05 Å². The molecular formula is C8H8N4O. The van der Waals surface area contributed by atoms with Gasteiger partial charge in [0.15, 0.2) is 6.29 Å². The molecule has 0 bridgehead atoms. The number of aldehydes is 1. The molecule has 0 fully saturated rings. The highest BCUT2D eigenvalue weighted by molar-refractivity contribution is 6.01. The fourth-order valence-electron chi connectivity index (χ4n) is 1.36. The maximum atomic E-state index is 10.7. The molecule has 0 aliphatic rings. The molecule has 13 heavy (non-hydrogen) atoms. The lowest BCUT2D eigenvalue weighted by Crippen LogP contribution is -1.94. The summed E-state index contributed by atoms with van der Waals surface area (Å²) in [7, 11) is 1.81. The highest BCUT2D eigenvalue weighted by Gasteiger charge is 2.09. The number of aryl methyl sites for hydroxylation is 1. The minimum atomic E-state index is 0.340. The van der Waals surface area contributed by atoms with Gasteiger partial charge < -0.3 is 10.3 Å². The zero-order valence-corrected chi connectivity index (χ0v) is 7.06. The van der Waals surface area contributed by atoms with Crippen LogP contribution in [0.3, 0.4) is 0 Å². The number of rotatable bonds is 1. The Morgan fingerprint density at radius 2 is 2.31 bits per heavy atom. The zero-order chi connectivity index (χ0) is 9.42. The fourth-order valence-corrected chi connectivity index (χ4v) is 1.36. The molecule has 5 heteroatoms. The Morgan fingerprint density at radius 3 is 3.00 bits per heavy atom. The van der Waals surface area contributed by atoms with Crippen molar-refractivity contribution < 1.29 is 4.79 Å². The number of nitrogen functional groups attached to an aromatic ring is 1. The second-order valence-electron chi connectivity index (χ2n) is 2.77. The lowest BCUT2D eigenvalue weighted by Gasteiger charge is -1.95. The van der Waals surface area contributed by atoms with Crippen molar-refractivity contribution in [2.75, 3.05) is 5.73 Å². The van der Waals surface area contributed by atoms with Gasteiger partial charge in [-0.15, -0.1) is 0 Å². The van der Waals surface area contributed by atoms with Crippen molar-refractivity contribution in [1.29, 1.82) is 0 Å². The molecule has 2 rings (SSSR count). The van der Waals surface area contributed by atoms with Crippen molar-refractivity contribution in [3.8, 4) is 0 Å². The van der Waals surface area contributed by atoms with Gasteiger partial charge in [0.2, 0.25) is 0 Å². The standard InChI is InChI=1S/C8H8N4O/c1-12-2-5(3-13)6-7(9)10-4-11-8(6)12/h2-4H,1H3,(H2,9,10,11). The molecule has 2 N–H and O–H groups in total. The largest absolute Gasteiger partial charge is 0.383 e. The maximum Gasteiger partial charge on any atom is 0.152 e. The number of nitrogens with zero attached hydrogens (tertiary/aromatic N) is 3. The first-order chi connectivity index (χ1) is 6.24. The van der Waals surface area contributed by atoms with Gasteiger partial charge in [0, 0.05) is 18.8 Å². The number of carbonyl (C=O) groups is 1. The Balaban J connectivity index is 2.96. The van der Waals surface area contributed by atoms with Gasteiger partial charge in [0.1, 0.15) is 17.8 Å².